The van der Waals surface area contributed by atoms with Crippen LogP contribution >= 0.6 is 0 Å². The van der Waals surface area contributed by atoms with E-state index in [-0.39, 0.29) is 12.7 Å². The van der Waals surface area contributed by atoms with Crippen LogP contribution in [0.2, 0.25) is 0 Å². The summed E-state index contributed by atoms with van der Waals surface area (Å²) in [5.41, 5.74) is 0. The predicted molar refractivity (Wildman–Crippen MR) is 51.7 cm³/mol. The van der Waals surface area contributed by atoms with Gasteiger partial charge >= 0.3 is 0 Å². The van der Waals surface area contributed by atoms with E-state index >= 15 is 0 Å². The van der Waals surface area contributed by atoms with Crippen molar-refractivity contribution < 1.29 is 24.9 Å². The summed E-state index contributed by atoms with van der Waals surface area (Å²) in [5.74, 6) is -1.50. The Balaban J connectivity index is 0. The molecular formula is C9H20O5. The van der Waals surface area contributed by atoms with E-state index in [1.54, 1.807) is 0 Å². The first-order valence-corrected chi connectivity index (χ1v) is 4.37. The van der Waals surface area contributed by atoms with Crippen molar-refractivity contribution in [2.75, 3.05) is 13.7 Å². The molecule has 0 rings (SSSR count). The van der Waals surface area contributed by atoms with Gasteiger partial charge in [0, 0.05) is 13.5 Å². The quantitative estimate of drug-likeness (QED) is 0.426. The number of aldehydes is 1. The lowest BCUT2D eigenvalue weighted by molar-refractivity contribution is -0.127. The molecular weight excluding hydrogens is 188 g/mol. The van der Waals surface area contributed by atoms with Crippen LogP contribution in [0.1, 0.15) is 26.7 Å². The number of hydrogen-bond donors (Lipinski definition) is 3. The Morgan fingerprint density at radius 3 is 2.07 bits per heavy atom. The molecule has 0 aromatic heterocycles. The maximum absolute atomic E-state index is 9.80. The zero-order valence-electron chi connectivity index (χ0n) is 8.93. The van der Waals surface area contributed by atoms with Gasteiger partial charge in [0.05, 0.1) is 12.7 Å². The number of rotatable bonds is 5. The number of carbonyl (C=O) groups is 1. The van der Waals surface area contributed by atoms with E-state index in [1.807, 2.05) is 0 Å². The Morgan fingerprint density at radius 1 is 1.43 bits per heavy atom. The number of methoxy groups -OCH3 is 1. The Hall–Kier alpha value is -0.490. The van der Waals surface area contributed by atoms with Gasteiger partial charge in [-0.1, -0.05) is 0 Å². The van der Waals surface area contributed by atoms with Crippen LogP contribution in [0.4, 0.5) is 0 Å². The minimum Gasteiger partial charge on any atom is -0.394 e. The highest BCUT2D eigenvalue weighted by atomic mass is 16.5. The second-order valence-electron chi connectivity index (χ2n) is 3.28. The monoisotopic (exact) mass is 208 g/mol. The molecule has 0 saturated carbocycles. The third-order valence-corrected chi connectivity index (χ3v) is 1.14. The van der Waals surface area contributed by atoms with Crippen LogP contribution in [-0.2, 0) is 9.53 Å². The second-order valence-corrected chi connectivity index (χ2v) is 3.28. The molecule has 14 heavy (non-hydrogen) atoms. The van der Waals surface area contributed by atoms with E-state index in [4.69, 9.17) is 20.1 Å². The van der Waals surface area contributed by atoms with Crippen molar-refractivity contribution in [3.63, 3.8) is 0 Å². The first-order valence-electron chi connectivity index (χ1n) is 4.37. The zero-order valence-corrected chi connectivity index (χ0v) is 8.93. The van der Waals surface area contributed by atoms with Crippen molar-refractivity contribution in [3.8, 4) is 0 Å². The van der Waals surface area contributed by atoms with E-state index < -0.39 is 5.79 Å². The van der Waals surface area contributed by atoms with Crippen LogP contribution in [0.3, 0.4) is 0 Å². The van der Waals surface area contributed by atoms with Crippen molar-refractivity contribution >= 4 is 6.29 Å². The fraction of sp³-hybridized carbons (Fsp3) is 0.889. The molecule has 5 heteroatoms. The normalized spacial score (nSPS) is 12.7. The molecule has 0 aliphatic heterocycles. The molecule has 0 aliphatic carbocycles. The van der Waals surface area contributed by atoms with Crippen LogP contribution < -0.4 is 0 Å². The highest BCUT2D eigenvalue weighted by molar-refractivity contribution is 5.49. The lowest BCUT2D eigenvalue weighted by Gasteiger charge is -2.08. The Labute approximate surface area is 84.3 Å². The van der Waals surface area contributed by atoms with Gasteiger partial charge in [-0.2, -0.15) is 0 Å². The van der Waals surface area contributed by atoms with Gasteiger partial charge < -0.3 is 24.9 Å². The van der Waals surface area contributed by atoms with Crippen molar-refractivity contribution in [1.29, 1.82) is 0 Å². The third-order valence-electron chi connectivity index (χ3n) is 1.14. The standard InChI is InChI=1S/C6H12O3.C3H8O2/c1-9-6(5-8)3-2-4-7;1-3(2,4)5/h4,6,8H,2-3,5H2,1H3;4-5H,1-2H3. The van der Waals surface area contributed by atoms with Gasteiger partial charge in [-0.25, -0.2) is 0 Å². The van der Waals surface area contributed by atoms with Crippen molar-refractivity contribution in [1.82, 2.24) is 0 Å². The van der Waals surface area contributed by atoms with Crippen LogP contribution in [0.15, 0.2) is 0 Å². The summed E-state index contributed by atoms with van der Waals surface area (Å²) in [6.45, 7) is 2.59. The van der Waals surface area contributed by atoms with Crippen molar-refractivity contribution in [3.05, 3.63) is 0 Å². The Bertz CT molecular complexity index is 120. The Kier molecular flexibility index (Phi) is 10.4. The number of ether oxygens (including phenoxy) is 1. The van der Waals surface area contributed by atoms with Gasteiger partial charge in [-0.15, -0.1) is 0 Å². The summed E-state index contributed by atoms with van der Waals surface area (Å²) in [6.07, 6.45) is 1.72. The van der Waals surface area contributed by atoms with Gasteiger partial charge in [-0.3, -0.25) is 0 Å². The van der Waals surface area contributed by atoms with Crippen molar-refractivity contribution in [2.24, 2.45) is 0 Å². The summed E-state index contributed by atoms with van der Waals surface area (Å²) in [4.78, 5) is 9.80. The number of carbonyl (C=O) groups excluding carboxylic acids is 1. The van der Waals surface area contributed by atoms with Gasteiger partial charge in [0.1, 0.15) is 6.29 Å². The third kappa shape index (κ3) is 22.5. The molecule has 0 heterocycles. The summed E-state index contributed by atoms with van der Waals surface area (Å²) in [5, 5.41) is 24.7. The molecule has 0 aromatic rings. The molecule has 0 aliphatic rings. The molecule has 1 atom stereocenters. The molecule has 0 amide bonds. The second kappa shape index (κ2) is 9.08. The largest absolute Gasteiger partial charge is 0.394 e. The Morgan fingerprint density at radius 2 is 1.86 bits per heavy atom. The average Bonchev–Trinajstić information content (AvgIpc) is 2.04. The van der Waals surface area contributed by atoms with Gasteiger partial charge in [0.2, 0.25) is 0 Å². The van der Waals surface area contributed by atoms with Crippen LogP contribution in [-0.4, -0.2) is 47.2 Å². The molecule has 0 fully saturated rings. The zero-order chi connectivity index (χ0) is 11.6. The molecule has 86 valence electrons. The van der Waals surface area contributed by atoms with Crippen LogP contribution in [0, 0.1) is 0 Å². The topological polar surface area (TPSA) is 87.0 Å². The number of hydrogen-bond acceptors (Lipinski definition) is 5. The first kappa shape index (κ1) is 16.0. The summed E-state index contributed by atoms with van der Waals surface area (Å²) >= 11 is 0. The van der Waals surface area contributed by atoms with E-state index in [0.717, 1.165) is 6.29 Å². The maximum Gasteiger partial charge on any atom is 0.156 e. The number of aliphatic hydroxyl groups excluding tert-OH is 1. The SMILES string of the molecule is CC(C)(O)O.COC(CO)CCC=O. The summed E-state index contributed by atoms with van der Waals surface area (Å²) in [7, 11) is 1.52. The summed E-state index contributed by atoms with van der Waals surface area (Å²) in [6, 6.07) is 0. The van der Waals surface area contributed by atoms with E-state index in [2.05, 4.69) is 0 Å². The van der Waals surface area contributed by atoms with Crippen LogP contribution in [0.25, 0.3) is 0 Å². The lowest BCUT2D eigenvalue weighted by Crippen LogP contribution is -2.15. The minimum absolute atomic E-state index is 0.00958. The predicted octanol–water partition coefficient (Wildman–Crippen LogP) is -0.320. The van der Waals surface area contributed by atoms with Crippen molar-refractivity contribution in [2.45, 2.75) is 38.6 Å². The molecule has 0 bridgehead atoms. The summed E-state index contributed by atoms with van der Waals surface area (Å²) < 4.78 is 4.79. The maximum atomic E-state index is 9.80. The average molecular weight is 208 g/mol. The highest BCUT2D eigenvalue weighted by Gasteiger charge is 2.02. The molecule has 0 saturated heterocycles. The van der Waals surface area contributed by atoms with E-state index in [1.165, 1.54) is 21.0 Å². The minimum atomic E-state index is -1.50. The van der Waals surface area contributed by atoms with Gasteiger partial charge in [0.25, 0.3) is 0 Å². The first-order chi connectivity index (χ1) is 6.35. The van der Waals surface area contributed by atoms with E-state index in [9.17, 15) is 4.79 Å². The van der Waals surface area contributed by atoms with Crippen LogP contribution in [0.5, 0.6) is 0 Å². The molecule has 1 unspecified atom stereocenters. The molecule has 0 spiro atoms. The van der Waals surface area contributed by atoms with Gasteiger partial charge in [0.15, 0.2) is 5.79 Å². The molecule has 0 radical (unpaired) electrons. The molecule has 0 aromatic carbocycles. The highest BCUT2D eigenvalue weighted by Crippen LogP contribution is 1.96. The van der Waals surface area contributed by atoms with E-state index in [0.29, 0.717) is 12.8 Å². The molecule has 3 N–H and O–H groups in total. The van der Waals surface area contributed by atoms with Gasteiger partial charge in [-0.05, 0) is 20.3 Å². The fourth-order valence-corrected chi connectivity index (χ4v) is 0.538. The fourth-order valence-electron chi connectivity index (χ4n) is 0.538. The smallest absolute Gasteiger partial charge is 0.156 e. The molecule has 5 nitrogen and oxygen atoms in total. The lowest BCUT2D eigenvalue weighted by atomic mass is 10.2. The number of aliphatic hydroxyl groups is 3.